The van der Waals surface area contributed by atoms with Crippen LogP contribution < -0.4 is 10.2 Å². The third kappa shape index (κ3) is 3.16. The van der Waals surface area contributed by atoms with E-state index >= 15 is 0 Å². The number of nitrogens with one attached hydrogen (secondary N) is 1. The summed E-state index contributed by atoms with van der Waals surface area (Å²) in [4.78, 5) is 28.2. The van der Waals surface area contributed by atoms with Crippen LogP contribution in [-0.2, 0) is 9.59 Å². The third-order valence-electron chi connectivity index (χ3n) is 4.27. The minimum atomic E-state index is -0.419. The molecule has 3 aromatic rings. The van der Waals surface area contributed by atoms with Gasteiger partial charge >= 0.3 is 0 Å². The van der Waals surface area contributed by atoms with E-state index < -0.39 is 5.91 Å². The largest absolute Gasteiger partial charge is 0.350 e. The summed E-state index contributed by atoms with van der Waals surface area (Å²) in [5.74, 6) is -0.803. The molecule has 2 heterocycles. The van der Waals surface area contributed by atoms with Gasteiger partial charge in [-0.25, -0.2) is 4.90 Å². The lowest BCUT2D eigenvalue weighted by molar-refractivity contribution is -0.120. The lowest BCUT2D eigenvalue weighted by atomic mass is 10.1. The first-order valence-corrected chi connectivity index (χ1v) is 9.57. The summed E-state index contributed by atoms with van der Waals surface area (Å²) in [5.41, 5.74) is 2.84. The van der Waals surface area contributed by atoms with E-state index in [2.05, 4.69) is 5.32 Å². The minimum Gasteiger partial charge on any atom is -0.350 e. The fraction of sp³-hybridized carbons (Fsp3) is 0.0476. The molecule has 27 heavy (non-hydrogen) atoms. The van der Waals surface area contributed by atoms with Crippen LogP contribution in [0.1, 0.15) is 10.4 Å². The molecule has 0 fully saturated rings. The Kier molecular flexibility index (Phi) is 4.56. The molecular formula is C21H15ClN2O2S. The molecule has 134 valence electrons. The Balaban J connectivity index is 1.81. The molecule has 0 unspecified atom stereocenters. The van der Waals surface area contributed by atoms with Gasteiger partial charge in [0.1, 0.15) is 5.70 Å². The number of hydrogen-bond acceptors (Lipinski definition) is 4. The average Bonchev–Trinajstić information content (AvgIpc) is 3.25. The number of thiophene rings is 1. The zero-order valence-corrected chi connectivity index (χ0v) is 16.0. The van der Waals surface area contributed by atoms with Crippen LogP contribution in [0.4, 0.5) is 11.4 Å². The monoisotopic (exact) mass is 394 g/mol. The molecule has 2 aromatic carbocycles. The summed E-state index contributed by atoms with van der Waals surface area (Å²) in [6, 6.07) is 18.2. The van der Waals surface area contributed by atoms with Gasteiger partial charge in [-0.1, -0.05) is 47.5 Å². The number of nitrogens with zero attached hydrogens (tertiary/aromatic N) is 1. The SMILES string of the molecule is Cc1ccc(NC2=C(c3cccs3)C(=O)N(c3ccccc3Cl)C2=O)cc1. The maximum absolute atomic E-state index is 13.2. The predicted octanol–water partition coefficient (Wildman–Crippen LogP) is 5.11. The van der Waals surface area contributed by atoms with E-state index in [1.54, 1.807) is 24.3 Å². The number of hydrogen-bond donors (Lipinski definition) is 1. The van der Waals surface area contributed by atoms with Gasteiger partial charge in [0.2, 0.25) is 0 Å². The van der Waals surface area contributed by atoms with Crippen molar-refractivity contribution in [2.75, 3.05) is 10.2 Å². The van der Waals surface area contributed by atoms with Crippen LogP contribution in [0, 0.1) is 6.92 Å². The fourth-order valence-corrected chi connectivity index (χ4v) is 3.92. The first kappa shape index (κ1) is 17.5. The Bertz CT molecular complexity index is 1060. The molecule has 4 nitrogen and oxygen atoms in total. The number of carbonyl (C=O) groups excluding carboxylic acids is 2. The first-order valence-electron chi connectivity index (χ1n) is 8.31. The van der Waals surface area contributed by atoms with Crippen LogP contribution in [0.25, 0.3) is 5.57 Å². The van der Waals surface area contributed by atoms with Crippen LogP contribution in [0.2, 0.25) is 5.02 Å². The second-order valence-corrected chi connectivity index (χ2v) is 7.47. The van der Waals surface area contributed by atoms with Crippen LogP contribution in [-0.4, -0.2) is 11.8 Å². The Hall–Kier alpha value is -2.89. The van der Waals surface area contributed by atoms with E-state index in [0.29, 0.717) is 16.3 Å². The summed E-state index contributed by atoms with van der Waals surface area (Å²) in [6.45, 7) is 1.99. The second kappa shape index (κ2) is 7.02. The van der Waals surface area contributed by atoms with Gasteiger partial charge < -0.3 is 5.32 Å². The topological polar surface area (TPSA) is 49.4 Å². The van der Waals surface area contributed by atoms with Crippen LogP contribution >= 0.6 is 22.9 Å². The highest BCUT2D eigenvalue weighted by atomic mass is 35.5. The molecule has 0 saturated heterocycles. The van der Waals surface area contributed by atoms with Gasteiger partial charge in [0.15, 0.2) is 0 Å². The van der Waals surface area contributed by atoms with Crippen molar-refractivity contribution >= 4 is 51.7 Å². The van der Waals surface area contributed by atoms with E-state index in [4.69, 9.17) is 11.6 Å². The van der Waals surface area contributed by atoms with Gasteiger partial charge in [-0.05, 0) is 42.6 Å². The highest BCUT2D eigenvalue weighted by molar-refractivity contribution is 7.11. The molecule has 1 aliphatic rings. The Morgan fingerprint density at radius 2 is 1.67 bits per heavy atom. The summed E-state index contributed by atoms with van der Waals surface area (Å²) in [5, 5.41) is 5.36. The van der Waals surface area contributed by atoms with Gasteiger partial charge in [-0.15, -0.1) is 11.3 Å². The van der Waals surface area contributed by atoms with Crippen molar-refractivity contribution in [2.45, 2.75) is 6.92 Å². The molecule has 1 aliphatic heterocycles. The Morgan fingerprint density at radius 1 is 0.926 bits per heavy atom. The number of carbonyl (C=O) groups is 2. The van der Waals surface area contributed by atoms with E-state index in [-0.39, 0.29) is 11.6 Å². The quantitative estimate of drug-likeness (QED) is 0.626. The molecule has 1 N–H and O–H groups in total. The second-order valence-electron chi connectivity index (χ2n) is 6.12. The number of para-hydroxylation sites is 1. The van der Waals surface area contributed by atoms with Crippen LogP contribution in [0.15, 0.2) is 71.7 Å². The average molecular weight is 395 g/mol. The van der Waals surface area contributed by atoms with Gasteiger partial charge in [0, 0.05) is 10.6 Å². The minimum absolute atomic E-state index is 0.256. The van der Waals surface area contributed by atoms with Gasteiger partial charge in [-0.2, -0.15) is 0 Å². The number of amides is 2. The molecule has 6 heteroatoms. The summed E-state index contributed by atoms with van der Waals surface area (Å²) < 4.78 is 0. The fourth-order valence-electron chi connectivity index (χ4n) is 2.93. The van der Waals surface area contributed by atoms with E-state index in [1.165, 1.54) is 11.3 Å². The van der Waals surface area contributed by atoms with Crippen LogP contribution in [0.3, 0.4) is 0 Å². The molecule has 4 rings (SSSR count). The van der Waals surface area contributed by atoms with Gasteiger partial charge in [-0.3, -0.25) is 9.59 Å². The number of anilines is 2. The molecule has 0 aliphatic carbocycles. The molecule has 0 saturated carbocycles. The third-order valence-corrected chi connectivity index (χ3v) is 5.47. The van der Waals surface area contributed by atoms with Gasteiger partial charge in [0.05, 0.1) is 16.3 Å². The number of halogens is 1. The van der Waals surface area contributed by atoms with Crippen molar-refractivity contribution in [3.05, 3.63) is 87.2 Å². The number of aryl methyl sites for hydroxylation is 1. The number of benzene rings is 2. The molecule has 2 amide bonds. The molecule has 0 spiro atoms. The molecule has 0 radical (unpaired) electrons. The molecule has 0 atom stereocenters. The lowest BCUT2D eigenvalue weighted by Crippen LogP contribution is -2.32. The zero-order valence-electron chi connectivity index (χ0n) is 14.4. The van der Waals surface area contributed by atoms with Crippen molar-refractivity contribution in [3.8, 4) is 0 Å². The molecular weight excluding hydrogens is 380 g/mol. The molecule has 1 aromatic heterocycles. The van der Waals surface area contributed by atoms with E-state index in [9.17, 15) is 9.59 Å². The van der Waals surface area contributed by atoms with Crippen molar-refractivity contribution in [1.82, 2.24) is 0 Å². The predicted molar refractivity (Wildman–Crippen MR) is 110 cm³/mol. The smallest absolute Gasteiger partial charge is 0.282 e. The Morgan fingerprint density at radius 3 is 2.33 bits per heavy atom. The van der Waals surface area contributed by atoms with Crippen molar-refractivity contribution in [1.29, 1.82) is 0 Å². The van der Waals surface area contributed by atoms with Crippen LogP contribution in [0.5, 0.6) is 0 Å². The first-order chi connectivity index (χ1) is 13.1. The molecule has 0 bridgehead atoms. The van der Waals surface area contributed by atoms with E-state index in [1.807, 2.05) is 48.7 Å². The number of imide groups is 1. The summed E-state index contributed by atoms with van der Waals surface area (Å²) >= 11 is 7.66. The Labute approximate surface area is 165 Å². The van der Waals surface area contributed by atoms with Crippen molar-refractivity contribution in [2.24, 2.45) is 0 Å². The van der Waals surface area contributed by atoms with E-state index in [0.717, 1.165) is 21.0 Å². The highest BCUT2D eigenvalue weighted by Crippen LogP contribution is 2.37. The lowest BCUT2D eigenvalue weighted by Gasteiger charge is -2.16. The highest BCUT2D eigenvalue weighted by Gasteiger charge is 2.41. The maximum Gasteiger partial charge on any atom is 0.282 e. The van der Waals surface area contributed by atoms with Gasteiger partial charge in [0.25, 0.3) is 11.8 Å². The normalized spacial score (nSPS) is 14.2. The van der Waals surface area contributed by atoms with Crippen molar-refractivity contribution in [3.63, 3.8) is 0 Å². The maximum atomic E-state index is 13.2. The standard InChI is InChI=1S/C21H15ClN2O2S/c1-13-8-10-14(11-9-13)23-19-18(17-7-4-12-27-17)20(25)24(21(19)26)16-6-3-2-5-15(16)22/h2-12,23H,1H3. The summed E-state index contributed by atoms with van der Waals surface area (Å²) in [7, 11) is 0. The summed E-state index contributed by atoms with van der Waals surface area (Å²) in [6.07, 6.45) is 0. The van der Waals surface area contributed by atoms with Crippen molar-refractivity contribution < 1.29 is 9.59 Å². The number of rotatable bonds is 4. The zero-order chi connectivity index (χ0) is 19.0.